The van der Waals surface area contributed by atoms with Crippen molar-refractivity contribution < 1.29 is 9.18 Å². The van der Waals surface area contributed by atoms with Crippen LogP contribution in [-0.4, -0.2) is 70.4 Å². The summed E-state index contributed by atoms with van der Waals surface area (Å²) in [5.74, 6) is 6.38. The highest BCUT2D eigenvalue weighted by Gasteiger charge is 2.26. The van der Waals surface area contributed by atoms with Gasteiger partial charge in [0.2, 0.25) is 5.91 Å². The summed E-state index contributed by atoms with van der Waals surface area (Å²) < 4.78 is 13.8. The maximum absolute atomic E-state index is 13.8. The summed E-state index contributed by atoms with van der Waals surface area (Å²) in [5.41, 5.74) is 1.64. The third-order valence-corrected chi connectivity index (χ3v) is 5.51. The molecule has 1 fully saturated rings. The van der Waals surface area contributed by atoms with Crippen LogP contribution in [0.5, 0.6) is 0 Å². The second-order valence-electron chi connectivity index (χ2n) is 8.27. The molecule has 166 valence electrons. The van der Waals surface area contributed by atoms with Gasteiger partial charge >= 0.3 is 0 Å². The Labute approximate surface area is 187 Å². The van der Waals surface area contributed by atoms with Gasteiger partial charge < -0.3 is 20.1 Å². The van der Waals surface area contributed by atoms with E-state index in [1.807, 2.05) is 25.1 Å². The summed E-state index contributed by atoms with van der Waals surface area (Å²) in [6.07, 6.45) is 3.81. The topological polar surface area (TPSA) is 77.2 Å². The van der Waals surface area contributed by atoms with Gasteiger partial charge in [0, 0.05) is 25.6 Å². The van der Waals surface area contributed by atoms with E-state index in [-0.39, 0.29) is 17.8 Å². The van der Waals surface area contributed by atoms with Crippen LogP contribution in [0.15, 0.2) is 36.7 Å². The van der Waals surface area contributed by atoms with Gasteiger partial charge in [-0.25, -0.2) is 14.4 Å². The molecule has 3 heterocycles. The van der Waals surface area contributed by atoms with E-state index in [9.17, 15) is 9.18 Å². The van der Waals surface area contributed by atoms with Crippen molar-refractivity contribution in [2.75, 3.05) is 39.0 Å². The predicted octanol–water partition coefficient (Wildman–Crippen LogP) is 2.85. The molecule has 0 radical (unpaired) electrons. The zero-order valence-corrected chi connectivity index (χ0v) is 18.4. The van der Waals surface area contributed by atoms with Crippen LogP contribution in [0.25, 0.3) is 11.0 Å². The lowest BCUT2D eigenvalue weighted by Crippen LogP contribution is -2.32. The third kappa shape index (κ3) is 5.24. The number of likely N-dealkylation sites (tertiary alicyclic amines) is 1. The Morgan fingerprint density at radius 3 is 2.97 bits per heavy atom. The maximum atomic E-state index is 13.8. The number of carbonyl (C=O) groups excluding carboxylic acids is 1. The third-order valence-electron chi connectivity index (χ3n) is 5.51. The molecule has 32 heavy (non-hydrogen) atoms. The highest BCUT2D eigenvalue weighted by atomic mass is 19.1. The molecular formula is C24H27FN6O. The first kappa shape index (κ1) is 21.8. The molecule has 7 nitrogen and oxygen atoms in total. The summed E-state index contributed by atoms with van der Waals surface area (Å²) in [5, 5.41) is 4.28. The number of rotatable bonds is 6. The Morgan fingerprint density at radius 1 is 1.31 bits per heavy atom. The molecule has 1 aliphatic rings. The molecular weight excluding hydrogens is 407 g/mol. The minimum atomic E-state index is -0.347. The van der Waals surface area contributed by atoms with Crippen LogP contribution in [0.2, 0.25) is 0 Å². The molecule has 3 aromatic rings. The van der Waals surface area contributed by atoms with Crippen LogP contribution in [0.4, 0.5) is 10.2 Å². The molecule has 2 N–H and O–H groups in total. The van der Waals surface area contributed by atoms with E-state index in [1.165, 1.54) is 12.4 Å². The van der Waals surface area contributed by atoms with Crippen molar-refractivity contribution in [3.8, 4) is 11.8 Å². The van der Waals surface area contributed by atoms with Crippen molar-refractivity contribution in [2.24, 2.45) is 0 Å². The van der Waals surface area contributed by atoms with E-state index in [1.54, 1.807) is 18.2 Å². The Morgan fingerprint density at radius 2 is 2.16 bits per heavy atom. The molecule has 8 heteroatoms. The zero-order chi connectivity index (χ0) is 22.5. The first-order valence-electron chi connectivity index (χ1n) is 10.8. The largest absolute Gasteiger partial charge is 0.365 e. The van der Waals surface area contributed by atoms with Crippen molar-refractivity contribution >= 4 is 22.8 Å². The van der Waals surface area contributed by atoms with Crippen LogP contribution in [0, 0.1) is 17.7 Å². The predicted molar refractivity (Wildman–Crippen MR) is 123 cm³/mol. The first-order valence-corrected chi connectivity index (χ1v) is 10.8. The summed E-state index contributed by atoms with van der Waals surface area (Å²) >= 11 is 0. The number of nitrogens with zero attached hydrogens (tertiary/aromatic N) is 4. The number of carbonyl (C=O) groups is 1. The Kier molecular flexibility index (Phi) is 6.66. The average Bonchev–Trinajstić information content (AvgIpc) is 3.40. The van der Waals surface area contributed by atoms with Crippen LogP contribution in [-0.2, 0) is 4.79 Å². The minimum absolute atomic E-state index is 0.133. The monoisotopic (exact) mass is 434 g/mol. The number of nitrogens with one attached hydrogen (secondary N) is 2. The highest BCUT2D eigenvalue weighted by Crippen LogP contribution is 2.23. The number of fused-ring (bicyclic) bond motifs is 1. The van der Waals surface area contributed by atoms with Crippen molar-refractivity contribution in [2.45, 2.75) is 25.3 Å². The summed E-state index contributed by atoms with van der Waals surface area (Å²) in [4.78, 5) is 28.3. The van der Waals surface area contributed by atoms with Crippen LogP contribution in [0.1, 0.15) is 30.5 Å². The van der Waals surface area contributed by atoms with E-state index >= 15 is 0 Å². The van der Waals surface area contributed by atoms with Gasteiger partial charge in [-0.05, 0) is 57.6 Å². The summed E-state index contributed by atoms with van der Waals surface area (Å²) in [6.45, 7) is 2.33. The number of benzene rings is 1. The van der Waals surface area contributed by atoms with Gasteiger partial charge in [-0.3, -0.25) is 4.79 Å². The Balaban J connectivity index is 1.42. The number of hydrogen-bond acceptors (Lipinski definition) is 5. The van der Waals surface area contributed by atoms with E-state index < -0.39 is 0 Å². The zero-order valence-electron chi connectivity index (χ0n) is 18.4. The highest BCUT2D eigenvalue weighted by molar-refractivity contribution is 5.88. The van der Waals surface area contributed by atoms with Gasteiger partial charge in [-0.1, -0.05) is 18.1 Å². The molecule has 1 saturated heterocycles. The van der Waals surface area contributed by atoms with E-state index in [2.05, 4.69) is 37.0 Å². The fourth-order valence-electron chi connectivity index (χ4n) is 3.82. The first-order chi connectivity index (χ1) is 15.5. The van der Waals surface area contributed by atoms with E-state index in [0.29, 0.717) is 35.7 Å². The van der Waals surface area contributed by atoms with Crippen LogP contribution < -0.4 is 5.32 Å². The molecule has 0 aliphatic carbocycles. The standard InChI is InChI=1S/C24H27FN6O/c1-30(2)12-5-8-22(32)31-13-11-19(15-31)29-24-20-14-18(28-23(20)26-16-27-24)10-9-17-6-3-4-7-21(17)25/h3-4,6-7,14,16,19H,5,8,11-13,15H2,1-2H3,(H2,26,27,28,29)/t19-/m1/s1. The fraction of sp³-hybridized carbons (Fsp3) is 0.375. The van der Waals surface area contributed by atoms with Crippen LogP contribution >= 0.6 is 0 Å². The lowest BCUT2D eigenvalue weighted by molar-refractivity contribution is -0.130. The molecule has 0 bridgehead atoms. The lowest BCUT2D eigenvalue weighted by Gasteiger charge is -2.18. The van der Waals surface area contributed by atoms with Gasteiger partial charge in [0.25, 0.3) is 0 Å². The number of aromatic nitrogens is 3. The maximum Gasteiger partial charge on any atom is 0.222 e. The van der Waals surface area contributed by atoms with Crippen molar-refractivity contribution in [3.05, 3.63) is 53.7 Å². The second kappa shape index (κ2) is 9.79. The SMILES string of the molecule is CN(C)CCCC(=O)N1CC[C@@H](Nc2ncnc3[nH]c(C#Cc4ccccc4F)cc23)C1. The quantitative estimate of drug-likeness (QED) is 0.584. The van der Waals surface area contributed by atoms with Crippen LogP contribution in [0.3, 0.4) is 0 Å². The number of amides is 1. The van der Waals surface area contributed by atoms with Crippen molar-refractivity contribution in [3.63, 3.8) is 0 Å². The molecule has 0 saturated carbocycles. The number of halogens is 1. The number of anilines is 1. The van der Waals surface area contributed by atoms with E-state index in [4.69, 9.17) is 0 Å². The molecule has 2 aromatic heterocycles. The minimum Gasteiger partial charge on any atom is -0.365 e. The number of H-pyrrole nitrogens is 1. The molecule has 1 atom stereocenters. The fourth-order valence-corrected chi connectivity index (χ4v) is 3.82. The van der Waals surface area contributed by atoms with Gasteiger partial charge in [0.1, 0.15) is 23.6 Å². The summed E-state index contributed by atoms with van der Waals surface area (Å²) in [7, 11) is 4.03. The molecule has 0 unspecified atom stereocenters. The molecule has 1 amide bonds. The average molecular weight is 435 g/mol. The molecule has 0 spiro atoms. The molecule has 1 aromatic carbocycles. The lowest BCUT2D eigenvalue weighted by atomic mass is 10.2. The van der Waals surface area contributed by atoms with E-state index in [0.717, 1.165) is 31.3 Å². The van der Waals surface area contributed by atoms with Gasteiger partial charge in [-0.2, -0.15) is 0 Å². The number of hydrogen-bond donors (Lipinski definition) is 2. The number of aromatic amines is 1. The Bertz CT molecular complexity index is 1160. The van der Waals surface area contributed by atoms with Crippen molar-refractivity contribution in [1.82, 2.24) is 24.8 Å². The van der Waals surface area contributed by atoms with Gasteiger partial charge in [0.15, 0.2) is 0 Å². The van der Waals surface area contributed by atoms with Crippen molar-refractivity contribution in [1.29, 1.82) is 0 Å². The smallest absolute Gasteiger partial charge is 0.222 e. The normalized spacial score (nSPS) is 15.8. The Hall–Kier alpha value is -3.44. The van der Waals surface area contributed by atoms with Gasteiger partial charge in [0.05, 0.1) is 16.6 Å². The second-order valence-corrected chi connectivity index (χ2v) is 8.27. The molecule has 1 aliphatic heterocycles. The van der Waals surface area contributed by atoms with Gasteiger partial charge in [-0.15, -0.1) is 0 Å². The molecule has 4 rings (SSSR count). The summed E-state index contributed by atoms with van der Waals surface area (Å²) in [6, 6.07) is 8.42.